The fraction of sp³-hybridized carbons (Fsp3) is 0.350. The summed E-state index contributed by atoms with van der Waals surface area (Å²) in [6.45, 7) is 1.67. The average molecular weight is 419 g/mol. The Hall–Kier alpha value is -3.30. The predicted molar refractivity (Wildman–Crippen MR) is 103 cm³/mol. The number of aromatic nitrogens is 1. The summed E-state index contributed by atoms with van der Waals surface area (Å²) in [7, 11) is 0. The third-order valence-corrected chi connectivity index (χ3v) is 5.45. The number of primary amides is 1. The molecule has 3 N–H and O–H groups in total. The standard InChI is InChI=1S/C20H20F3N5O2/c21-20(22,23)17-5-4-14(8-25-17)26-16-3-1-2-12-9-27(7-6-15(12)16)18(29)13-10-28(11-13)19(24)30/h1-5,8,13,26H,6-7,9-11H2,(H2,24,30). The zero-order valence-electron chi connectivity index (χ0n) is 15.9. The number of urea groups is 1. The summed E-state index contributed by atoms with van der Waals surface area (Å²) in [6.07, 6.45) is -2.71. The first-order chi connectivity index (χ1) is 14.2. The van der Waals surface area contributed by atoms with Crippen molar-refractivity contribution in [3.05, 3.63) is 53.3 Å². The molecule has 1 fully saturated rings. The van der Waals surface area contributed by atoms with Crippen molar-refractivity contribution < 1.29 is 22.8 Å². The van der Waals surface area contributed by atoms with Crippen molar-refractivity contribution in [3.63, 3.8) is 0 Å². The largest absolute Gasteiger partial charge is 0.433 e. The van der Waals surface area contributed by atoms with E-state index in [4.69, 9.17) is 5.73 Å². The second-order valence-corrected chi connectivity index (χ2v) is 7.45. The maximum Gasteiger partial charge on any atom is 0.433 e. The lowest BCUT2D eigenvalue weighted by molar-refractivity contribution is -0.141. The highest BCUT2D eigenvalue weighted by molar-refractivity contribution is 5.84. The number of alkyl halides is 3. The van der Waals surface area contributed by atoms with E-state index in [-0.39, 0.29) is 11.8 Å². The number of halogens is 3. The van der Waals surface area contributed by atoms with Gasteiger partial charge in [0.2, 0.25) is 5.91 Å². The Labute approximate surface area is 170 Å². The Bertz CT molecular complexity index is 971. The predicted octanol–water partition coefficient (Wildman–Crippen LogP) is 2.74. The van der Waals surface area contributed by atoms with Crippen LogP contribution in [0, 0.1) is 5.92 Å². The highest BCUT2D eigenvalue weighted by Gasteiger charge is 2.38. The molecular weight excluding hydrogens is 399 g/mol. The van der Waals surface area contributed by atoms with Crippen molar-refractivity contribution in [1.29, 1.82) is 0 Å². The van der Waals surface area contributed by atoms with Crippen LogP contribution in [0.4, 0.5) is 29.3 Å². The van der Waals surface area contributed by atoms with E-state index in [0.717, 1.165) is 29.1 Å². The van der Waals surface area contributed by atoms with Crippen molar-refractivity contribution in [3.8, 4) is 0 Å². The van der Waals surface area contributed by atoms with Crippen LogP contribution in [0.2, 0.25) is 0 Å². The van der Waals surface area contributed by atoms with Gasteiger partial charge in [0.25, 0.3) is 0 Å². The minimum atomic E-state index is -4.48. The van der Waals surface area contributed by atoms with Crippen LogP contribution in [0.1, 0.15) is 16.8 Å². The van der Waals surface area contributed by atoms with Crippen molar-refractivity contribution in [2.75, 3.05) is 25.0 Å². The van der Waals surface area contributed by atoms with Gasteiger partial charge in [-0.15, -0.1) is 0 Å². The molecular formula is C20H20F3N5O2. The smallest absolute Gasteiger partial charge is 0.354 e. The number of nitrogens with one attached hydrogen (secondary N) is 1. The molecule has 1 aromatic carbocycles. The van der Waals surface area contributed by atoms with Gasteiger partial charge >= 0.3 is 12.2 Å². The molecule has 1 aromatic heterocycles. The third kappa shape index (κ3) is 3.89. The van der Waals surface area contributed by atoms with Gasteiger partial charge in [0, 0.05) is 31.9 Å². The first-order valence-corrected chi connectivity index (χ1v) is 9.46. The number of anilines is 2. The van der Waals surface area contributed by atoms with Crippen molar-refractivity contribution >= 4 is 23.3 Å². The fourth-order valence-electron chi connectivity index (χ4n) is 3.78. The summed E-state index contributed by atoms with van der Waals surface area (Å²) in [5.41, 5.74) is 7.50. The van der Waals surface area contributed by atoms with Gasteiger partial charge < -0.3 is 20.9 Å². The van der Waals surface area contributed by atoms with Crippen LogP contribution in [-0.4, -0.2) is 46.4 Å². The van der Waals surface area contributed by atoms with E-state index in [9.17, 15) is 22.8 Å². The second kappa shape index (κ2) is 7.51. The summed E-state index contributed by atoms with van der Waals surface area (Å²) in [4.78, 5) is 30.5. The summed E-state index contributed by atoms with van der Waals surface area (Å²) in [5, 5.41) is 3.13. The van der Waals surface area contributed by atoms with Gasteiger partial charge in [-0.3, -0.25) is 4.79 Å². The monoisotopic (exact) mass is 419 g/mol. The molecule has 7 nitrogen and oxygen atoms in total. The number of pyridine rings is 1. The molecule has 0 bridgehead atoms. The lowest BCUT2D eigenvalue weighted by atomic mass is 9.94. The van der Waals surface area contributed by atoms with Gasteiger partial charge in [-0.05, 0) is 35.7 Å². The SMILES string of the molecule is NC(=O)N1CC(C(=O)N2CCc3c(cccc3Nc3ccc(C(F)(F)F)nc3)C2)C1. The summed E-state index contributed by atoms with van der Waals surface area (Å²) in [6, 6.07) is 7.38. The molecule has 4 rings (SSSR count). The maximum absolute atomic E-state index is 12.7. The summed E-state index contributed by atoms with van der Waals surface area (Å²) in [5.74, 6) is -0.220. The molecule has 30 heavy (non-hydrogen) atoms. The number of nitrogens with zero attached hydrogens (tertiary/aromatic N) is 3. The first kappa shape index (κ1) is 20.0. The molecule has 10 heteroatoms. The van der Waals surface area contributed by atoms with Crippen LogP contribution in [0.25, 0.3) is 0 Å². The maximum atomic E-state index is 12.7. The van der Waals surface area contributed by atoms with Gasteiger partial charge in [0.1, 0.15) is 5.69 Å². The van der Waals surface area contributed by atoms with Crippen molar-refractivity contribution in [1.82, 2.24) is 14.8 Å². The van der Waals surface area contributed by atoms with Crippen LogP contribution in [-0.2, 0) is 23.9 Å². The highest BCUT2D eigenvalue weighted by atomic mass is 19.4. The second-order valence-electron chi connectivity index (χ2n) is 7.45. The van der Waals surface area contributed by atoms with Gasteiger partial charge in [-0.1, -0.05) is 12.1 Å². The van der Waals surface area contributed by atoms with Gasteiger partial charge in [-0.25, -0.2) is 9.78 Å². The highest BCUT2D eigenvalue weighted by Crippen LogP contribution is 2.31. The minimum absolute atomic E-state index is 0.00320. The molecule has 0 spiro atoms. The molecule has 0 saturated carbocycles. The zero-order chi connectivity index (χ0) is 21.5. The normalized spacial score (nSPS) is 16.6. The number of nitrogens with two attached hydrogens (primary N) is 1. The Morgan fingerprint density at radius 1 is 1.13 bits per heavy atom. The number of hydrogen-bond donors (Lipinski definition) is 2. The van der Waals surface area contributed by atoms with Gasteiger partial charge in [-0.2, -0.15) is 13.2 Å². The quantitative estimate of drug-likeness (QED) is 0.800. The van der Waals surface area contributed by atoms with E-state index in [0.29, 0.717) is 38.3 Å². The first-order valence-electron chi connectivity index (χ1n) is 9.46. The summed E-state index contributed by atoms with van der Waals surface area (Å²) < 4.78 is 38.0. The van der Waals surface area contributed by atoms with E-state index >= 15 is 0 Å². The van der Waals surface area contributed by atoms with E-state index < -0.39 is 17.9 Å². The molecule has 3 heterocycles. The number of benzene rings is 1. The molecule has 2 aliphatic rings. The van der Waals surface area contributed by atoms with E-state index in [1.807, 2.05) is 18.2 Å². The average Bonchev–Trinajstić information content (AvgIpc) is 2.66. The van der Waals surface area contributed by atoms with Gasteiger partial charge in [0.05, 0.1) is 17.8 Å². The Morgan fingerprint density at radius 2 is 1.90 bits per heavy atom. The Kier molecular flexibility index (Phi) is 5.00. The van der Waals surface area contributed by atoms with Crippen LogP contribution >= 0.6 is 0 Å². The zero-order valence-corrected chi connectivity index (χ0v) is 15.9. The van der Waals surface area contributed by atoms with E-state index in [1.165, 1.54) is 11.0 Å². The van der Waals surface area contributed by atoms with E-state index in [2.05, 4.69) is 10.3 Å². The molecule has 0 unspecified atom stereocenters. The van der Waals surface area contributed by atoms with Crippen LogP contribution in [0.15, 0.2) is 36.5 Å². The van der Waals surface area contributed by atoms with Crippen molar-refractivity contribution in [2.24, 2.45) is 11.7 Å². The third-order valence-electron chi connectivity index (χ3n) is 5.45. The number of fused-ring (bicyclic) bond motifs is 1. The Balaban J connectivity index is 1.44. The molecule has 3 amide bonds. The fourth-order valence-corrected chi connectivity index (χ4v) is 3.78. The topological polar surface area (TPSA) is 91.6 Å². The molecule has 0 atom stereocenters. The van der Waals surface area contributed by atoms with E-state index in [1.54, 1.807) is 4.90 Å². The Morgan fingerprint density at radius 3 is 2.53 bits per heavy atom. The van der Waals surface area contributed by atoms with Crippen LogP contribution < -0.4 is 11.1 Å². The number of rotatable bonds is 3. The number of amides is 3. The molecule has 2 aromatic rings. The molecule has 0 aliphatic carbocycles. The molecule has 1 saturated heterocycles. The van der Waals surface area contributed by atoms with Crippen molar-refractivity contribution in [2.45, 2.75) is 19.1 Å². The minimum Gasteiger partial charge on any atom is -0.354 e. The molecule has 0 radical (unpaired) electrons. The molecule has 2 aliphatic heterocycles. The lowest BCUT2D eigenvalue weighted by Gasteiger charge is -2.40. The number of carbonyl (C=O) groups is 2. The van der Waals surface area contributed by atoms with Crippen LogP contribution in [0.3, 0.4) is 0 Å². The van der Waals surface area contributed by atoms with Gasteiger partial charge in [0.15, 0.2) is 0 Å². The summed E-state index contributed by atoms with van der Waals surface area (Å²) >= 11 is 0. The van der Waals surface area contributed by atoms with Crippen LogP contribution in [0.5, 0.6) is 0 Å². The lowest BCUT2D eigenvalue weighted by Crippen LogP contribution is -2.58. The number of carbonyl (C=O) groups excluding carboxylic acids is 2. The number of hydrogen-bond acceptors (Lipinski definition) is 4. The molecule has 158 valence electrons. The number of likely N-dealkylation sites (tertiary alicyclic amines) is 1.